The van der Waals surface area contributed by atoms with Crippen LogP contribution >= 0.6 is 11.3 Å². The summed E-state index contributed by atoms with van der Waals surface area (Å²) in [6, 6.07) is 19.7. The monoisotopic (exact) mass is 404 g/mol. The third-order valence-corrected chi connectivity index (χ3v) is 5.89. The molecule has 1 saturated heterocycles. The van der Waals surface area contributed by atoms with Crippen molar-refractivity contribution in [2.45, 2.75) is 0 Å². The zero-order chi connectivity index (χ0) is 20.2. The van der Waals surface area contributed by atoms with E-state index in [0.29, 0.717) is 47.7 Å². The molecule has 6 heteroatoms. The van der Waals surface area contributed by atoms with Crippen molar-refractivity contribution in [1.29, 1.82) is 0 Å². The zero-order valence-corrected chi connectivity index (χ0v) is 16.6. The number of hydrogen-bond acceptors (Lipinski definition) is 4. The largest absolute Gasteiger partial charge is 0.335 e. The van der Waals surface area contributed by atoms with Gasteiger partial charge in [-0.1, -0.05) is 42.5 Å². The number of nitrogens with zero attached hydrogens (tertiary/aromatic N) is 2. The van der Waals surface area contributed by atoms with Crippen LogP contribution in [0, 0.1) is 0 Å². The molecule has 0 N–H and O–H groups in total. The third-order valence-electron chi connectivity index (χ3n) is 5.02. The van der Waals surface area contributed by atoms with Gasteiger partial charge in [-0.15, -0.1) is 11.3 Å². The molecular formula is C23H20N2O3S. The van der Waals surface area contributed by atoms with E-state index in [1.165, 1.54) is 11.3 Å². The Morgan fingerprint density at radius 3 is 1.86 bits per heavy atom. The van der Waals surface area contributed by atoms with Crippen LogP contribution in [-0.4, -0.2) is 53.6 Å². The first-order chi connectivity index (χ1) is 14.1. The molecule has 1 fully saturated rings. The molecular weight excluding hydrogens is 384 g/mol. The average molecular weight is 404 g/mol. The van der Waals surface area contributed by atoms with Crippen molar-refractivity contribution >= 4 is 28.9 Å². The first kappa shape index (κ1) is 19.1. The summed E-state index contributed by atoms with van der Waals surface area (Å²) in [5.74, 6) is -0.329. The lowest BCUT2D eigenvalue weighted by molar-refractivity contribution is 0.0534. The van der Waals surface area contributed by atoms with Crippen LogP contribution in [0.15, 0.2) is 72.1 Å². The molecule has 5 nitrogen and oxygen atoms in total. The van der Waals surface area contributed by atoms with Crippen LogP contribution in [0.3, 0.4) is 0 Å². The maximum atomic E-state index is 13.1. The molecule has 4 rings (SSSR count). The molecule has 0 radical (unpaired) electrons. The van der Waals surface area contributed by atoms with E-state index in [2.05, 4.69) is 0 Å². The molecule has 0 spiro atoms. The van der Waals surface area contributed by atoms with Crippen molar-refractivity contribution in [3.05, 3.63) is 93.7 Å². The summed E-state index contributed by atoms with van der Waals surface area (Å²) < 4.78 is 0. The third kappa shape index (κ3) is 3.98. The first-order valence-corrected chi connectivity index (χ1v) is 10.3. The molecule has 146 valence electrons. The van der Waals surface area contributed by atoms with Gasteiger partial charge in [-0.2, -0.15) is 0 Å². The Morgan fingerprint density at radius 2 is 1.24 bits per heavy atom. The number of carbonyl (C=O) groups is 3. The molecule has 2 amide bonds. The first-order valence-electron chi connectivity index (χ1n) is 9.46. The smallest absolute Gasteiger partial charge is 0.254 e. The zero-order valence-electron chi connectivity index (χ0n) is 15.8. The average Bonchev–Trinajstić information content (AvgIpc) is 3.33. The van der Waals surface area contributed by atoms with Crippen molar-refractivity contribution in [2.24, 2.45) is 0 Å². The van der Waals surface area contributed by atoms with E-state index in [4.69, 9.17) is 0 Å². The Bertz CT molecular complexity index is 1020. The maximum Gasteiger partial charge on any atom is 0.254 e. The molecule has 2 heterocycles. The molecule has 3 aromatic rings. The Balaban J connectivity index is 1.47. The van der Waals surface area contributed by atoms with Gasteiger partial charge < -0.3 is 9.80 Å². The van der Waals surface area contributed by atoms with E-state index < -0.39 is 0 Å². The topological polar surface area (TPSA) is 57.7 Å². The van der Waals surface area contributed by atoms with Crippen molar-refractivity contribution < 1.29 is 14.4 Å². The van der Waals surface area contributed by atoms with Crippen LogP contribution in [0.1, 0.15) is 36.0 Å². The molecule has 1 aliphatic heterocycles. The molecule has 0 saturated carbocycles. The maximum absolute atomic E-state index is 13.1. The summed E-state index contributed by atoms with van der Waals surface area (Å²) in [5.41, 5.74) is 1.48. The van der Waals surface area contributed by atoms with Gasteiger partial charge in [0.25, 0.3) is 11.8 Å². The van der Waals surface area contributed by atoms with Gasteiger partial charge in [0.05, 0.1) is 10.4 Å². The highest BCUT2D eigenvalue weighted by Crippen LogP contribution is 2.20. The highest BCUT2D eigenvalue weighted by molar-refractivity contribution is 7.12. The van der Waals surface area contributed by atoms with Gasteiger partial charge in [0, 0.05) is 37.3 Å². The number of piperazine rings is 1. The second-order valence-electron chi connectivity index (χ2n) is 6.80. The van der Waals surface area contributed by atoms with Gasteiger partial charge in [-0.05, 0) is 29.6 Å². The Labute approximate surface area is 173 Å². The van der Waals surface area contributed by atoms with Crippen LogP contribution in [0.2, 0.25) is 0 Å². The van der Waals surface area contributed by atoms with E-state index in [-0.39, 0.29) is 17.6 Å². The number of ketones is 1. The van der Waals surface area contributed by atoms with Gasteiger partial charge in [0.15, 0.2) is 0 Å². The fourth-order valence-electron chi connectivity index (χ4n) is 3.45. The predicted molar refractivity (Wildman–Crippen MR) is 112 cm³/mol. The summed E-state index contributed by atoms with van der Waals surface area (Å²) in [4.78, 5) is 42.6. The number of rotatable bonds is 4. The second kappa shape index (κ2) is 8.41. The van der Waals surface area contributed by atoms with E-state index in [1.54, 1.807) is 52.3 Å². The lowest BCUT2D eigenvalue weighted by Gasteiger charge is -2.35. The summed E-state index contributed by atoms with van der Waals surface area (Å²) in [7, 11) is 0. The Morgan fingerprint density at radius 1 is 0.655 bits per heavy atom. The summed E-state index contributed by atoms with van der Waals surface area (Å²) in [6.07, 6.45) is 0. The Kier molecular flexibility index (Phi) is 5.53. The molecule has 0 unspecified atom stereocenters. The van der Waals surface area contributed by atoms with E-state index >= 15 is 0 Å². The predicted octanol–water partition coefficient (Wildman–Crippen LogP) is 3.58. The van der Waals surface area contributed by atoms with Crippen LogP contribution in [0.5, 0.6) is 0 Å². The lowest BCUT2D eigenvalue weighted by atomic mass is 10.0. The Hall–Kier alpha value is -3.25. The SMILES string of the molecule is O=C(c1cccs1)c1ccccc1C(=O)N1CCN(C(=O)c2ccccc2)CC1. The summed E-state index contributed by atoms with van der Waals surface area (Å²) in [6.45, 7) is 1.83. The fourth-order valence-corrected chi connectivity index (χ4v) is 4.13. The molecule has 1 aliphatic rings. The van der Waals surface area contributed by atoms with Crippen molar-refractivity contribution in [1.82, 2.24) is 9.80 Å². The van der Waals surface area contributed by atoms with Crippen LogP contribution < -0.4 is 0 Å². The van der Waals surface area contributed by atoms with Crippen LogP contribution in [0.4, 0.5) is 0 Å². The van der Waals surface area contributed by atoms with Gasteiger partial charge in [0.2, 0.25) is 5.78 Å². The number of thiophene rings is 1. The summed E-state index contributed by atoms with van der Waals surface area (Å²) >= 11 is 1.36. The minimum Gasteiger partial charge on any atom is -0.335 e. The van der Waals surface area contributed by atoms with Gasteiger partial charge >= 0.3 is 0 Å². The molecule has 2 aromatic carbocycles. The molecule has 0 bridgehead atoms. The van der Waals surface area contributed by atoms with E-state index in [9.17, 15) is 14.4 Å². The number of carbonyl (C=O) groups excluding carboxylic acids is 3. The highest BCUT2D eigenvalue weighted by atomic mass is 32.1. The fraction of sp³-hybridized carbons (Fsp3) is 0.174. The second-order valence-corrected chi connectivity index (χ2v) is 7.75. The lowest BCUT2D eigenvalue weighted by Crippen LogP contribution is -2.50. The normalized spacial score (nSPS) is 13.9. The van der Waals surface area contributed by atoms with E-state index in [0.717, 1.165) is 0 Å². The van der Waals surface area contributed by atoms with Gasteiger partial charge in [-0.3, -0.25) is 14.4 Å². The standard InChI is InChI=1S/C23H20N2O3S/c26-21(20-11-6-16-29-20)18-9-4-5-10-19(18)23(28)25-14-12-24(13-15-25)22(27)17-7-2-1-3-8-17/h1-11,16H,12-15H2. The molecule has 29 heavy (non-hydrogen) atoms. The van der Waals surface area contributed by atoms with Gasteiger partial charge in [-0.25, -0.2) is 0 Å². The van der Waals surface area contributed by atoms with Crippen molar-refractivity contribution in [2.75, 3.05) is 26.2 Å². The highest BCUT2D eigenvalue weighted by Gasteiger charge is 2.27. The molecule has 0 aliphatic carbocycles. The van der Waals surface area contributed by atoms with Gasteiger partial charge in [0.1, 0.15) is 0 Å². The number of hydrogen-bond donors (Lipinski definition) is 0. The minimum atomic E-state index is -0.169. The molecule has 0 atom stereocenters. The number of amides is 2. The quantitative estimate of drug-likeness (QED) is 0.625. The minimum absolute atomic E-state index is 0.0222. The summed E-state index contributed by atoms with van der Waals surface area (Å²) in [5, 5.41) is 1.85. The van der Waals surface area contributed by atoms with Crippen molar-refractivity contribution in [3.63, 3.8) is 0 Å². The number of benzene rings is 2. The van der Waals surface area contributed by atoms with E-state index in [1.807, 2.05) is 29.6 Å². The van der Waals surface area contributed by atoms with Crippen LogP contribution in [0.25, 0.3) is 0 Å². The van der Waals surface area contributed by atoms with Crippen molar-refractivity contribution in [3.8, 4) is 0 Å². The molecule has 1 aromatic heterocycles. The van der Waals surface area contributed by atoms with Crippen LogP contribution in [-0.2, 0) is 0 Å².